The van der Waals surface area contributed by atoms with Gasteiger partial charge in [-0.05, 0) is 30.3 Å². The number of carboxylic acids is 1. The second-order valence-corrected chi connectivity index (χ2v) is 9.38. The number of carbonyl (C=O) groups is 2. The van der Waals surface area contributed by atoms with E-state index < -0.39 is 17.5 Å². The molecule has 0 amide bonds. The second kappa shape index (κ2) is 7.55. The van der Waals surface area contributed by atoms with Gasteiger partial charge in [-0.2, -0.15) is 0 Å². The molecule has 2 heterocycles. The summed E-state index contributed by atoms with van der Waals surface area (Å²) in [7, 11) is 7.64. The van der Waals surface area contributed by atoms with E-state index in [1.807, 2.05) is 74.4 Å². The molecular formula is C25H20Cl2N2O5. The Morgan fingerprint density at radius 1 is 0.912 bits per heavy atom. The first-order chi connectivity index (χ1) is 16.1. The summed E-state index contributed by atoms with van der Waals surface area (Å²) in [6.07, 6.45) is 0. The van der Waals surface area contributed by atoms with Gasteiger partial charge in [0.25, 0.3) is 0 Å². The van der Waals surface area contributed by atoms with Gasteiger partial charge in [0.1, 0.15) is 11.5 Å². The van der Waals surface area contributed by atoms with Gasteiger partial charge in [-0.3, -0.25) is 0 Å². The highest BCUT2D eigenvalue weighted by molar-refractivity contribution is 6.39. The van der Waals surface area contributed by atoms with Crippen LogP contribution >= 0.6 is 23.2 Å². The number of carboxylic acid groups (broad SMARTS) is 1. The second-order valence-electron chi connectivity index (χ2n) is 8.60. The molecule has 5 rings (SSSR count). The molecule has 0 aliphatic carbocycles. The molecule has 7 nitrogen and oxygen atoms in total. The minimum absolute atomic E-state index is 0.0567. The molecule has 0 bridgehead atoms. The van der Waals surface area contributed by atoms with E-state index in [-0.39, 0.29) is 21.2 Å². The Morgan fingerprint density at radius 3 is 1.91 bits per heavy atom. The third-order valence-electron chi connectivity index (χ3n) is 6.19. The number of esters is 1. The highest BCUT2D eigenvalue weighted by Gasteiger charge is 2.56. The lowest BCUT2D eigenvalue weighted by Gasteiger charge is -2.37. The van der Waals surface area contributed by atoms with Crippen LogP contribution in [0.3, 0.4) is 0 Å². The largest absolute Gasteiger partial charge is 0.478 e. The minimum atomic E-state index is -1.46. The van der Waals surface area contributed by atoms with Crippen LogP contribution < -0.4 is 14.5 Å². The summed E-state index contributed by atoms with van der Waals surface area (Å²) in [6, 6.07) is 12.4. The fraction of sp³-hybridized carbons (Fsp3) is 0.200. The van der Waals surface area contributed by atoms with Crippen molar-refractivity contribution in [2.75, 3.05) is 38.0 Å². The van der Waals surface area contributed by atoms with Crippen LogP contribution in [0, 0.1) is 0 Å². The van der Waals surface area contributed by atoms with E-state index in [1.54, 1.807) is 0 Å². The summed E-state index contributed by atoms with van der Waals surface area (Å²) in [6.45, 7) is 0. The molecule has 0 fully saturated rings. The van der Waals surface area contributed by atoms with Crippen molar-refractivity contribution >= 4 is 46.5 Å². The van der Waals surface area contributed by atoms with E-state index in [4.69, 9.17) is 32.7 Å². The smallest absolute Gasteiger partial charge is 0.341 e. The Kier molecular flexibility index (Phi) is 4.97. The molecular weight excluding hydrogens is 479 g/mol. The summed E-state index contributed by atoms with van der Waals surface area (Å²) < 4.78 is 12.4. The lowest BCUT2D eigenvalue weighted by atomic mass is 9.77. The van der Waals surface area contributed by atoms with Crippen LogP contribution in [0.5, 0.6) is 11.5 Å². The maximum Gasteiger partial charge on any atom is 0.341 e. The first kappa shape index (κ1) is 22.4. The number of rotatable bonds is 3. The summed E-state index contributed by atoms with van der Waals surface area (Å²) in [5.41, 5.74) is 1.43. The van der Waals surface area contributed by atoms with Crippen molar-refractivity contribution < 1.29 is 24.2 Å². The Hall–Kier alpha value is -3.42. The molecule has 9 heteroatoms. The molecule has 3 aromatic rings. The first-order valence-corrected chi connectivity index (χ1v) is 11.1. The maximum absolute atomic E-state index is 13.2. The summed E-state index contributed by atoms with van der Waals surface area (Å²) >= 11 is 13.1. The van der Waals surface area contributed by atoms with E-state index in [2.05, 4.69) is 0 Å². The fourth-order valence-electron chi connectivity index (χ4n) is 4.53. The van der Waals surface area contributed by atoms with Crippen LogP contribution in [0.2, 0.25) is 10.0 Å². The molecule has 174 valence electrons. The molecule has 0 radical (unpaired) electrons. The van der Waals surface area contributed by atoms with Gasteiger partial charge < -0.3 is 24.4 Å². The summed E-state index contributed by atoms with van der Waals surface area (Å²) in [5, 5.41) is 9.42. The molecule has 1 N–H and O–H groups in total. The highest BCUT2D eigenvalue weighted by atomic mass is 35.5. The standard InChI is InChI=1S/C25H20Cl2N2O5/c1-28(2)12-5-7-15-18(9-12)33-19-10-13(29(3)4)6-8-16(19)25(15)21-17(26)11-14(23(30)31)22(27)20(21)24(32)34-25/h5-11H,1-4H3,(H,30,31). The fourth-order valence-corrected chi connectivity index (χ4v) is 5.17. The Bertz CT molecular complexity index is 1340. The van der Waals surface area contributed by atoms with Gasteiger partial charge in [0.15, 0.2) is 5.60 Å². The van der Waals surface area contributed by atoms with E-state index in [9.17, 15) is 14.7 Å². The van der Waals surface area contributed by atoms with Crippen molar-refractivity contribution in [3.05, 3.63) is 80.3 Å². The lowest BCUT2D eigenvalue weighted by Crippen LogP contribution is -2.33. The number of anilines is 2. The number of halogens is 2. The van der Waals surface area contributed by atoms with Gasteiger partial charge >= 0.3 is 11.9 Å². The quantitative estimate of drug-likeness (QED) is 0.484. The molecule has 3 aromatic carbocycles. The summed E-state index contributed by atoms with van der Waals surface area (Å²) in [5.74, 6) is -1.06. The number of fused-ring (bicyclic) bond motifs is 6. The molecule has 0 aromatic heterocycles. The van der Waals surface area contributed by atoms with Crippen LogP contribution in [0.25, 0.3) is 0 Å². The van der Waals surface area contributed by atoms with Crippen molar-refractivity contribution in [3.63, 3.8) is 0 Å². The predicted molar refractivity (Wildman–Crippen MR) is 130 cm³/mol. The zero-order valence-corrected chi connectivity index (χ0v) is 20.3. The molecule has 0 saturated carbocycles. The van der Waals surface area contributed by atoms with E-state index in [0.29, 0.717) is 28.2 Å². The lowest BCUT2D eigenvalue weighted by molar-refractivity contribution is 0.0225. The predicted octanol–water partition coefficient (Wildman–Crippen LogP) is 5.39. The molecule has 2 aliphatic rings. The summed E-state index contributed by atoms with van der Waals surface area (Å²) in [4.78, 5) is 28.8. The first-order valence-electron chi connectivity index (χ1n) is 10.4. The van der Waals surface area contributed by atoms with E-state index in [1.165, 1.54) is 6.07 Å². The zero-order valence-electron chi connectivity index (χ0n) is 18.8. The number of aromatic carboxylic acids is 1. The molecule has 34 heavy (non-hydrogen) atoms. The number of ether oxygens (including phenoxy) is 2. The van der Waals surface area contributed by atoms with Crippen molar-refractivity contribution in [1.82, 2.24) is 0 Å². The van der Waals surface area contributed by atoms with Crippen LogP contribution in [0.4, 0.5) is 11.4 Å². The number of carbonyl (C=O) groups excluding carboxylic acids is 1. The van der Waals surface area contributed by atoms with Crippen molar-refractivity contribution in [3.8, 4) is 11.5 Å². The number of hydrogen-bond acceptors (Lipinski definition) is 6. The van der Waals surface area contributed by atoms with E-state index in [0.717, 1.165) is 11.4 Å². The van der Waals surface area contributed by atoms with Crippen molar-refractivity contribution in [2.45, 2.75) is 5.60 Å². The minimum Gasteiger partial charge on any atom is -0.478 e. The molecule has 1 spiro atoms. The van der Waals surface area contributed by atoms with Gasteiger partial charge in [-0.1, -0.05) is 23.2 Å². The average Bonchev–Trinajstić information content (AvgIpc) is 3.09. The Balaban J connectivity index is 1.89. The Morgan fingerprint density at radius 2 is 1.44 bits per heavy atom. The molecule has 2 aliphatic heterocycles. The Labute approximate surface area is 206 Å². The third-order valence-corrected chi connectivity index (χ3v) is 6.88. The number of benzene rings is 3. The van der Waals surface area contributed by atoms with Crippen LogP contribution in [-0.2, 0) is 10.3 Å². The van der Waals surface area contributed by atoms with Gasteiger partial charge in [0, 0.05) is 68.4 Å². The van der Waals surface area contributed by atoms with Gasteiger partial charge in [-0.15, -0.1) is 0 Å². The molecule has 0 unspecified atom stereocenters. The molecule has 0 saturated heterocycles. The van der Waals surface area contributed by atoms with Crippen LogP contribution in [0.1, 0.15) is 37.4 Å². The monoisotopic (exact) mass is 498 g/mol. The zero-order chi connectivity index (χ0) is 24.5. The number of nitrogens with zero attached hydrogens (tertiary/aromatic N) is 2. The maximum atomic E-state index is 13.2. The number of hydrogen-bond donors (Lipinski definition) is 1. The molecule has 0 atom stereocenters. The van der Waals surface area contributed by atoms with Gasteiger partial charge in [-0.25, -0.2) is 9.59 Å². The van der Waals surface area contributed by atoms with Gasteiger partial charge in [0.05, 0.1) is 21.2 Å². The van der Waals surface area contributed by atoms with Crippen LogP contribution in [0.15, 0.2) is 42.5 Å². The van der Waals surface area contributed by atoms with E-state index >= 15 is 0 Å². The normalized spacial score (nSPS) is 14.6. The topological polar surface area (TPSA) is 79.3 Å². The van der Waals surface area contributed by atoms with Crippen molar-refractivity contribution in [2.24, 2.45) is 0 Å². The average molecular weight is 499 g/mol. The highest BCUT2D eigenvalue weighted by Crippen LogP contribution is 2.59. The van der Waals surface area contributed by atoms with Crippen LogP contribution in [-0.4, -0.2) is 45.2 Å². The SMILES string of the molecule is CN(C)c1ccc2c(c1)Oc1cc(N(C)C)ccc1C21OC(=O)c2c(Cl)c(C(=O)O)cc(Cl)c21. The van der Waals surface area contributed by atoms with Gasteiger partial charge in [0.2, 0.25) is 0 Å². The third kappa shape index (κ3) is 2.97. The van der Waals surface area contributed by atoms with Crippen molar-refractivity contribution in [1.29, 1.82) is 0 Å².